The first-order valence-corrected chi connectivity index (χ1v) is 12.6. The molecule has 0 aromatic heterocycles. The maximum absolute atomic E-state index is 13.7. The molecule has 0 spiro atoms. The minimum atomic E-state index is -0.476. The number of nitrogens with one attached hydrogen (secondary N) is 1. The smallest absolute Gasteiger partial charge is 0.254 e. The van der Waals surface area contributed by atoms with Gasteiger partial charge in [0.15, 0.2) is 0 Å². The van der Waals surface area contributed by atoms with Gasteiger partial charge in [0, 0.05) is 30.2 Å². The number of hydrogen-bond donors (Lipinski definition) is 1. The lowest BCUT2D eigenvalue weighted by Crippen LogP contribution is -2.48. The molecule has 2 aliphatic heterocycles. The SMILES string of the molecule is CCCCN1C(=O)c2ccccc2[C@@H](C(=O)NCCN2CCCCC2)[C@H]1c1cccc(Cl)c1. The molecule has 0 unspecified atom stereocenters. The van der Waals surface area contributed by atoms with Gasteiger partial charge in [0.05, 0.1) is 12.0 Å². The van der Waals surface area contributed by atoms with Gasteiger partial charge in [0.2, 0.25) is 5.91 Å². The summed E-state index contributed by atoms with van der Waals surface area (Å²) in [5.41, 5.74) is 2.33. The van der Waals surface area contributed by atoms with Gasteiger partial charge in [-0.2, -0.15) is 0 Å². The third-order valence-corrected chi connectivity index (χ3v) is 7.07. The number of halogens is 1. The minimum Gasteiger partial charge on any atom is -0.354 e. The van der Waals surface area contributed by atoms with Gasteiger partial charge in [-0.05, 0) is 61.7 Å². The summed E-state index contributed by atoms with van der Waals surface area (Å²) < 4.78 is 0. The topological polar surface area (TPSA) is 52.7 Å². The predicted molar refractivity (Wildman–Crippen MR) is 133 cm³/mol. The van der Waals surface area contributed by atoms with E-state index in [0.717, 1.165) is 43.6 Å². The van der Waals surface area contributed by atoms with E-state index in [1.807, 2.05) is 53.4 Å². The van der Waals surface area contributed by atoms with Gasteiger partial charge in [0.1, 0.15) is 0 Å². The van der Waals surface area contributed by atoms with Crippen LogP contribution in [0.4, 0.5) is 0 Å². The second-order valence-corrected chi connectivity index (χ2v) is 9.55. The van der Waals surface area contributed by atoms with Crippen LogP contribution in [0.5, 0.6) is 0 Å². The molecule has 2 aromatic rings. The molecule has 2 aliphatic rings. The van der Waals surface area contributed by atoms with Crippen molar-refractivity contribution in [1.29, 1.82) is 0 Å². The van der Waals surface area contributed by atoms with Crippen LogP contribution >= 0.6 is 11.6 Å². The minimum absolute atomic E-state index is 0.0126. The summed E-state index contributed by atoms with van der Waals surface area (Å²) in [5.74, 6) is -0.518. The van der Waals surface area contributed by atoms with Crippen LogP contribution in [-0.2, 0) is 4.79 Å². The van der Waals surface area contributed by atoms with Gasteiger partial charge < -0.3 is 15.1 Å². The van der Waals surface area contributed by atoms with Crippen molar-refractivity contribution < 1.29 is 9.59 Å². The van der Waals surface area contributed by atoms with Gasteiger partial charge in [-0.3, -0.25) is 9.59 Å². The maximum Gasteiger partial charge on any atom is 0.254 e. The quantitative estimate of drug-likeness (QED) is 0.592. The van der Waals surface area contributed by atoms with Crippen LogP contribution < -0.4 is 5.32 Å². The number of carbonyl (C=O) groups excluding carboxylic acids is 2. The number of piperidine rings is 1. The van der Waals surface area contributed by atoms with E-state index in [9.17, 15) is 9.59 Å². The number of hydrogen-bond acceptors (Lipinski definition) is 3. The summed E-state index contributed by atoms with van der Waals surface area (Å²) in [6.07, 6.45) is 5.61. The van der Waals surface area contributed by atoms with E-state index in [1.165, 1.54) is 19.3 Å². The highest BCUT2D eigenvalue weighted by molar-refractivity contribution is 6.30. The van der Waals surface area contributed by atoms with Gasteiger partial charge >= 0.3 is 0 Å². The Hall–Kier alpha value is -2.37. The highest BCUT2D eigenvalue weighted by Gasteiger charge is 2.43. The lowest BCUT2D eigenvalue weighted by molar-refractivity contribution is -0.124. The number of carbonyl (C=O) groups is 2. The van der Waals surface area contributed by atoms with Gasteiger partial charge in [-0.15, -0.1) is 0 Å². The van der Waals surface area contributed by atoms with Crippen LogP contribution in [0.1, 0.15) is 72.5 Å². The van der Waals surface area contributed by atoms with Crippen LogP contribution in [0.15, 0.2) is 48.5 Å². The summed E-state index contributed by atoms with van der Waals surface area (Å²) >= 11 is 6.34. The Kier molecular flexibility index (Phi) is 8.05. The van der Waals surface area contributed by atoms with Crippen molar-refractivity contribution in [1.82, 2.24) is 15.1 Å². The largest absolute Gasteiger partial charge is 0.354 e. The van der Waals surface area contributed by atoms with Crippen LogP contribution in [0.25, 0.3) is 0 Å². The van der Waals surface area contributed by atoms with Crippen LogP contribution in [0.3, 0.4) is 0 Å². The summed E-state index contributed by atoms with van der Waals surface area (Å²) in [7, 11) is 0. The first kappa shape index (κ1) is 23.8. The highest BCUT2D eigenvalue weighted by atomic mass is 35.5. The van der Waals surface area contributed by atoms with E-state index in [-0.39, 0.29) is 17.9 Å². The Morgan fingerprint density at radius 2 is 1.85 bits per heavy atom. The average molecular weight is 468 g/mol. The summed E-state index contributed by atoms with van der Waals surface area (Å²) in [5, 5.41) is 3.80. The Morgan fingerprint density at radius 3 is 2.61 bits per heavy atom. The first-order valence-electron chi connectivity index (χ1n) is 12.3. The summed E-state index contributed by atoms with van der Waals surface area (Å²) in [6.45, 7) is 6.40. The van der Waals surface area contributed by atoms with E-state index in [1.54, 1.807) is 0 Å². The zero-order valence-electron chi connectivity index (χ0n) is 19.4. The molecule has 2 amide bonds. The van der Waals surface area contributed by atoms with Gasteiger partial charge in [0.25, 0.3) is 5.91 Å². The lowest BCUT2D eigenvalue weighted by Gasteiger charge is -2.42. The molecule has 2 atom stereocenters. The molecule has 0 bridgehead atoms. The fraction of sp³-hybridized carbons (Fsp3) is 0.481. The number of likely N-dealkylation sites (tertiary alicyclic amines) is 1. The maximum atomic E-state index is 13.7. The summed E-state index contributed by atoms with van der Waals surface area (Å²) in [6, 6.07) is 14.8. The van der Waals surface area contributed by atoms with Crippen molar-refractivity contribution in [3.63, 3.8) is 0 Å². The first-order chi connectivity index (χ1) is 16.1. The Bertz CT molecular complexity index is 973. The number of benzene rings is 2. The fourth-order valence-electron chi connectivity index (χ4n) is 5.14. The standard InChI is InChI=1S/C27H34ClN3O2/c1-2-3-17-31-25(20-10-9-11-21(28)19-20)24(22-12-5-6-13-23(22)27(31)33)26(32)29-14-18-30-15-7-4-8-16-30/h5-6,9-13,19,24-25H,2-4,7-8,14-18H2,1H3,(H,29,32)/t24-,25-/m1/s1. The summed E-state index contributed by atoms with van der Waals surface area (Å²) in [4.78, 5) is 31.5. The molecular weight excluding hydrogens is 434 g/mol. The predicted octanol–water partition coefficient (Wildman–Crippen LogP) is 5.02. The molecule has 1 N–H and O–H groups in total. The third-order valence-electron chi connectivity index (χ3n) is 6.84. The van der Waals surface area contributed by atoms with E-state index < -0.39 is 5.92 Å². The Labute approximate surface area is 202 Å². The van der Waals surface area contributed by atoms with Gasteiger partial charge in [-0.1, -0.05) is 61.7 Å². The van der Waals surface area contributed by atoms with Crippen molar-refractivity contribution in [2.45, 2.75) is 51.0 Å². The normalized spacial score (nSPS) is 21.0. The molecule has 33 heavy (non-hydrogen) atoms. The van der Waals surface area contributed by atoms with Gasteiger partial charge in [-0.25, -0.2) is 0 Å². The van der Waals surface area contributed by atoms with E-state index >= 15 is 0 Å². The highest BCUT2D eigenvalue weighted by Crippen LogP contribution is 2.43. The van der Waals surface area contributed by atoms with Crippen molar-refractivity contribution in [2.75, 3.05) is 32.7 Å². The van der Waals surface area contributed by atoms with Crippen LogP contribution in [0, 0.1) is 0 Å². The van der Waals surface area contributed by atoms with Crippen LogP contribution in [0.2, 0.25) is 5.02 Å². The lowest BCUT2D eigenvalue weighted by atomic mass is 9.79. The molecular formula is C27H34ClN3O2. The molecule has 0 saturated carbocycles. The molecule has 1 fully saturated rings. The Morgan fingerprint density at radius 1 is 1.06 bits per heavy atom. The fourth-order valence-corrected chi connectivity index (χ4v) is 5.34. The van der Waals surface area contributed by atoms with Crippen LogP contribution in [-0.4, -0.2) is 54.3 Å². The van der Waals surface area contributed by atoms with E-state index in [0.29, 0.717) is 23.7 Å². The van der Waals surface area contributed by atoms with Crippen molar-refractivity contribution >= 4 is 23.4 Å². The molecule has 5 nitrogen and oxygen atoms in total. The number of fused-ring (bicyclic) bond motifs is 1. The molecule has 2 heterocycles. The van der Waals surface area contributed by atoms with Crippen molar-refractivity contribution in [2.24, 2.45) is 0 Å². The zero-order valence-corrected chi connectivity index (χ0v) is 20.2. The number of nitrogens with zero attached hydrogens (tertiary/aromatic N) is 2. The number of rotatable bonds is 8. The molecule has 1 saturated heterocycles. The third kappa shape index (κ3) is 5.42. The Balaban J connectivity index is 1.65. The monoisotopic (exact) mass is 467 g/mol. The molecule has 2 aromatic carbocycles. The molecule has 4 rings (SSSR count). The molecule has 0 aliphatic carbocycles. The van der Waals surface area contributed by atoms with E-state index in [4.69, 9.17) is 11.6 Å². The second kappa shape index (κ2) is 11.2. The molecule has 0 radical (unpaired) electrons. The molecule has 6 heteroatoms. The van der Waals surface area contributed by atoms with Crippen molar-refractivity contribution in [3.05, 3.63) is 70.2 Å². The number of amides is 2. The zero-order chi connectivity index (χ0) is 23.2. The average Bonchev–Trinajstić information content (AvgIpc) is 2.84. The van der Waals surface area contributed by atoms with Crippen molar-refractivity contribution in [3.8, 4) is 0 Å². The molecule has 176 valence electrons. The van der Waals surface area contributed by atoms with E-state index in [2.05, 4.69) is 17.1 Å². The second-order valence-electron chi connectivity index (χ2n) is 9.11. The number of unbranched alkanes of at least 4 members (excludes halogenated alkanes) is 1.